The van der Waals surface area contributed by atoms with Crippen molar-refractivity contribution in [3.63, 3.8) is 0 Å². The van der Waals surface area contributed by atoms with Gasteiger partial charge in [0.15, 0.2) is 0 Å². The topological polar surface area (TPSA) is 159 Å². The Balaban J connectivity index is 4.22. The number of hydrogen-bond donors (Lipinski definition) is 5. The van der Waals surface area contributed by atoms with Crippen LogP contribution >= 0.6 is 11.8 Å². The van der Waals surface area contributed by atoms with Gasteiger partial charge >= 0.3 is 11.9 Å². The van der Waals surface area contributed by atoms with E-state index < -0.39 is 42.4 Å². The average molecular weight is 462 g/mol. The summed E-state index contributed by atoms with van der Waals surface area (Å²) in [6.07, 6.45) is 10.8. The zero-order valence-electron chi connectivity index (χ0n) is 18.6. The number of carbonyl (C=O) groups is 4. The van der Waals surface area contributed by atoms with E-state index >= 15 is 0 Å². The van der Waals surface area contributed by atoms with Gasteiger partial charge in [-0.2, -0.15) is 11.8 Å². The van der Waals surface area contributed by atoms with E-state index in [4.69, 9.17) is 15.9 Å². The molecule has 0 rings (SSSR count). The van der Waals surface area contributed by atoms with Gasteiger partial charge in [0.2, 0.25) is 11.8 Å². The van der Waals surface area contributed by atoms with E-state index in [1.165, 1.54) is 56.7 Å². The standard InChI is InChI=1S/C21H39N3O6S/c1-2-3-4-5-6-7-8-9-10-13-31-15-17(20(28)23-14-19(26)27)24-18(25)12-11-16(22)21(29)30/h16-17H,2-15,22H2,1H3,(H,23,28)(H,24,25)(H,26,27)(H,29,30)/t16-,17-/m0/s1. The molecule has 0 aliphatic heterocycles. The summed E-state index contributed by atoms with van der Waals surface area (Å²) < 4.78 is 0. The van der Waals surface area contributed by atoms with Gasteiger partial charge < -0.3 is 26.6 Å². The molecule has 2 atom stereocenters. The van der Waals surface area contributed by atoms with Gasteiger partial charge in [0.1, 0.15) is 18.6 Å². The Bertz CT molecular complexity index is 547. The Kier molecular flexibility index (Phi) is 17.8. The zero-order chi connectivity index (χ0) is 23.5. The molecule has 9 nitrogen and oxygen atoms in total. The van der Waals surface area contributed by atoms with Crippen molar-refractivity contribution in [1.82, 2.24) is 10.6 Å². The van der Waals surface area contributed by atoms with Crippen LogP contribution in [-0.4, -0.2) is 64.1 Å². The van der Waals surface area contributed by atoms with Crippen LogP contribution in [0.25, 0.3) is 0 Å². The second-order valence-electron chi connectivity index (χ2n) is 7.62. The first-order valence-electron chi connectivity index (χ1n) is 11.1. The third-order valence-electron chi connectivity index (χ3n) is 4.74. The molecule has 0 aromatic rings. The SMILES string of the molecule is CCCCCCCCCCCSC[C@H](NC(=O)CC[C@H](N)C(=O)O)C(=O)NCC(=O)O. The van der Waals surface area contributed by atoms with Gasteiger partial charge in [-0.15, -0.1) is 0 Å². The monoisotopic (exact) mass is 461 g/mol. The van der Waals surface area contributed by atoms with Crippen LogP contribution in [0, 0.1) is 0 Å². The molecule has 0 unspecified atom stereocenters. The Morgan fingerprint density at radius 1 is 0.935 bits per heavy atom. The van der Waals surface area contributed by atoms with Gasteiger partial charge in [0, 0.05) is 12.2 Å². The van der Waals surface area contributed by atoms with Crippen molar-refractivity contribution >= 4 is 35.5 Å². The van der Waals surface area contributed by atoms with E-state index in [1.807, 2.05) is 0 Å². The number of hydrogen-bond acceptors (Lipinski definition) is 6. The number of carboxylic acid groups (broad SMARTS) is 2. The summed E-state index contributed by atoms with van der Waals surface area (Å²) in [5.41, 5.74) is 5.39. The Hall–Kier alpha value is -1.81. The molecule has 0 bridgehead atoms. The Morgan fingerprint density at radius 3 is 2.06 bits per heavy atom. The van der Waals surface area contributed by atoms with Crippen LogP contribution < -0.4 is 16.4 Å². The summed E-state index contributed by atoms with van der Waals surface area (Å²) in [6.45, 7) is 1.68. The van der Waals surface area contributed by atoms with Gasteiger partial charge in [0.25, 0.3) is 0 Å². The van der Waals surface area contributed by atoms with E-state index in [0.717, 1.165) is 18.6 Å². The maximum Gasteiger partial charge on any atom is 0.322 e. The molecule has 0 fully saturated rings. The van der Waals surface area contributed by atoms with Gasteiger partial charge in [-0.25, -0.2) is 0 Å². The largest absolute Gasteiger partial charge is 0.480 e. The second-order valence-corrected chi connectivity index (χ2v) is 8.77. The van der Waals surface area contributed by atoms with E-state index in [0.29, 0.717) is 5.75 Å². The van der Waals surface area contributed by atoms with Crippen molar-refractivity contribution in [1.29, 1.82) is 0 Å². The first kappa shape index (κ1) is 29.2. The number of unbranched alkanes of at least 4 members (excludes halogenated alkanes) is 8. The third kappa shape index (κ3) is 17.6. The highest BCUT2D eigenvalue weighted by Gasteiger charge is 2.22. The number of thioether (sulfide) groups is 1. The van der Waals surface area contributed by atoms with Crippen LogP contribution in [-0.2, 0) is 19.2 Å². The third-order valence-corrected chi connectivity index (χ3v) is 5.89. The smallest absolute Gasteiger partial charge is 0.322 e. The van der Waals surface area contributed by atoms with Crippen LogP contribution in [0.1, 0.15) is 77.6 Å². The second kappa shape index (κ2) is 18.9. The van der Waals surface area contributed by atoms with Gasteiger partial charge in [-0.05, 0) is 18.6 Å². The van der Waals surface area contributed by atoms with Crippen molar-refractivity contribution in [2.45, 2.75) is 89.6 Å². The average Bonchev–Trinajstić information content (AvgIpc) is 2.72. The fourth-order valence-corrected chi connectivity index (χ4v) is 3.91. The highest BCUT2D eigenvalue weighted by atomic mass is 32.2. The van der Waals surface area contributed by atoms with E-state index in [2.05, 4.69) is 17.6 Å². The molecule has 180 valence electrons. The van der Waals surface area contributed by atoms with Crippen LogP contribution in [0.3, 0.4) is 0 Å². The molecule has 0 spiro atoms. The van der Waals surface area contributed by atoms with Gasteiger partial charge in [0.05, 0.1) is 0 Å². The summed E-state index contributed by atoms with van der Waals surface area (Å²) in [6, 6.07) is -2.03. The quantitative estimate of drug-likeness (QED) is 0.172. The van der Waals surface area contributed by atoms with Crippen molar-refractivity contribution < 1.29 is 29.4 Å². The minimum atomic E-state index is -1.19. The van der Waals surface area contributed by atoms with E-state index in [-0.39, 0.29) is 12.8 Å². The molecule has 0 saturated carbocycles. The Labute approximate surface area is 189 Å². The molecule has 2 amide bonds. The molecule has 0 aromatic carbocycles. The molecular weight excluding hydrogens is 422 g/mol. The summed E-state index contributed by atoms with van der Waals surface area (Å²) in [5.74, 6) is -2.26. The number of aliphatic carboxylic acids is 2. The normalized spacial score (nSPS) is 12.7. The summed E-state index contributed by atoms with van der Waals surface area (Å²) in [7, 11) is 0. The maximum absolute atomic E-state index is 12.2. The number of nitrogens with one attached hydrogen (secondary N) is 2. The fraction of sp³-hybridized carbons (Fsp3) is 0.810. The number of nitrogens with two attached hydrogens (primary N) is 1. The molecule has 0 aliphatic rings. The summed E-state index contributed by atoms with van der Waals surface area (Å²) in [4.78, 5) is 45.7. The first-order chi connectivity index (χ1) is 14.8. The molecule has 0 saturated heterocycles. The molecular formula is C21H39N3O6S. The zero-order valence-corrected chi connectivity index (χ0v) is 19.4. The molecule has 0 aromatic heterocycles. The lowest BCUT2D eigenvalue weighted by molar-refractivity contribution is -0.139. The number of rotatable bonds is 20. The highest BCUT2D eigenvalue weighted by molar-refractivity contribution is 7.99. The van der Waals surface area contributed by atoms with Crippen molar-refractivity contribution in [3.05, 3.63) is 0 Å². The first-order valence-corrected chi connectivity index (χ1v) is 12.3. The maximum atomic E-state index is 12.2. The predicted octanol–water partition coefficient (Wildman–Crippen LogP) is 2.13. The van der Waals surface area contributed by atoms with Crippen molar-refractivity contribution in [2.75, 3.05) is 18.1 Å². The minimum Gasteiger partial charge on any atom is -0.480 e. The lowest BCUT2D eigenvalue weighted by Crippen LogP contribution is -2.49. The Morgan fingerprint density at radius 2 is 1.52 bits per heavy atom. The number of carboxylic acids is 2. The van der Waals surface area contributed by atoms with Crippen LogP contribution in [0.15, 0.2) is 0 Å². The number of carbonyl (C=O) groups excluding carboxylic acids is 2. The van der Waals surface area contributed by atoms with E-state index in [9.17, 15) is 19.2 Å². The van der Waals surface area contributed by atoms with E-state index in [1.54, 1.807) is 0 Å². The van der Waals surface area contributed by atoms with Gasteiger partial charge in [-0.1, -0.05) is 58.3 Å². The van der Waals surface area contributed by atoms with Crippen molar-refractivity contribution in [3.8, 4) is 0 Å². The van der Waals surface area contributed by atoms with Crippen molar-refractivity contribution in [2.24, 2.45) is 5.73 Å². The number of amides is 2. The lowest BCUT2D eigenvalue weighted by Gasteiger charge is -2.18. The summed E-state index contributed by atoms with van der Waals surface area (Å²) in [5, 5.41) is 22.3. The fourth-order valence-electron chi connectivity index (χ4n) is 2.86. The van der Waals surface area contributed by atoms with Gasteiger partial charge in [-0.3, -0.25) is 19.2 Å². The molecule has 0 aliphatic carbocycles. The predicted molar refractivity (Wildman–Crippen MR) is 122 cm³/mol. The molecule has 10 heteroatoms. The van der Waals surface area contributed by atoms with Crippen LogP contribution in [0.2, 0.25) is 0 Å². The van der Waals surface area contributed by atoms with Crippen LogP contribution in [0.5, 0.6) is 0 Å². The highest BCUT2D eigenvalue weighted by Crippen LogP contribution is 2.13. The molecule has 0 heterocycles. The lowest BCUT2D eigenvalue weighted by atomic mass is 10.1. The molecule has 31 heavy (non-hydrogen) atoms. The molecule has 6 N–H and O–H groups in total. The minimum absolute atomic E-state index is 0.0454. The molecule has 0 radical (unpaired) electrons. The summed E-state index contributed by atoms with van der Waals surface area (Å²) >= 11 is 1.53. The van der Waals surface area contributed by atoms with Crippen LogP contribution in [0.4, 0.5) is 0 Å².